The predicted octanol–water partition coefficient (Wildman–Crippen LogP) is 1.92. The van der Waals surface area contributed by atoms with Gasteiger partial charge in [-0.3, -0.25) is 4.79 Å². The van der Waals surface area contributed by atoms with Crippen molar-refractivity contribution in [1.82, 2.24) is 10.3 Å². The monoisotopic (exact) mass is 421 g/mol. The molecule has 3 aliphatic heterocycles. The number of rotatable bonds is 5. The van der Waals surface area contributed by atoms with Crippen LogP contribution in [0.15, 0.2) is 42.6 Å². The van der Waals surface area contributed by atoms with Crippen molar-refractivity contribution in [2.75, 3.05) is 73.7 Å². The van der Waals surface area contributed by atoms with Crippen molar-refractivity contribution in [2.45, 2.75) is 12.8 Å². The minimum Gasteiger partial charge on any atom is -0.378 e. The SMILES string of the molecule is O=C1[C@H](Cc2ccccc2N2CCNCC2)CCN1c1ccc(N2CCOCC2)nc1. The van der Waals surface area contributed by atoms with E-state index in [1.54, 1.807) is 0 Å². The molecule has 0 radical (unpaired) electrons. The number of hydrogen-bond acceptors (Lipinski definition) is 6. The topological polar surface area (TPSA) is 60.9 Å². The summed E-state index contributed by atoms with van der Waals surface area (Å²) in [5.74, 6) is 1.21. The quantitative estimate of drug-likeness (QED) is 0.796. The molecule has 0 bridgehead atoms. The van der Waals surface area contributed by atoms with Gasteiger partial charge in [-0.1, -0.05) is 18.2 Å². The van der Waals surface area contributed by atoms with Crippen molar-refractivity contribution in [3.8, 4) is 0 Å². The summed E-state index contributed by atoms with van der Waals surface area (Å²) in [7, 11) is 0. The summed E-state index contributed by atoms with van der Waals surface area (Å²) in [6.07, 6.45) is 3.54. The molecule has 1 amide bonds. The fourth-order valence-corrected chi connectivity index (χ4v) is 4.87. The Labute approximate surface area is 184 Å². The standard InChI is InChI=1S/C24H31N5O2/c30-24-20(17-19-3-1-2-4-22(19)27-11-8-25-9-12-27)7-10-29(24)21-5-6-23(26-18-21)28-13-15-31-16-14-28/h1-6,18,20,25H,7-17H2/t20-/m0/s1. The second-order valence-corrected chi connectivity index (χ2v) is 8.52. The number of aromatic nitrogens is 1. The molecule has 5 rings (SSSR count). The van der Waals surface area contributed by atoms with Crippen LogP contribution in [0, 0.1) is 5.92 Å². The first-order chi connectivity index (χ1) is 15.3. The van der Waals surface area contributed by atoms with Crippen molar-refractivity contribution in [3.63, 3.8) is 0 Å². The fraction of sp³-hybridized carbons (Fsp3) is 0.500. The van der Waals surface area contributed by atoms with E-state index in [0.29, 0.717) is 0 Å². The van der Waals surface area contributed by atoms with E-state index >= 15 is 0 Å². The third-order valence-electron chi connectivity index (χ3n) is 6.61. The molecule has 31 heavy (non-hydrogen) atoms. The number of nitrogens with zero attached hydrogens (tertiary/aromatic N) is 4. The number of nitrogens with one attached hydrogen (secondary N) is 1. The number of pyridine rings is 1. The summed E-state index contributed by atoms with van der Waals surface area (Å²) in [4.78, 5) is 24.4. The highest BCUT2D eigenvalue weighted by Gasteiger charge is 2.33. The summed E-state index contributed by atoms with van der Waals surface area (Å²) in [5, 5.41) is 3.42. The molecule has 0 saturated carbocycles. The molecule has 3 saturated heterocycles. The zero-order valence-corrected chi connectivity index (χ0v) is 18.0. The first-order valence-electron chi connectivity index (χ1n) is 11.4. The van der Waals surface area contributed by atoms with Crippen molar-refractivity contribution < 1.29 is 9.53 Å². The van der Waals surface area contributed by atoms with Crippen LogP contribution in [0.3, 0.4) is 0 Å². The number of anilines is 3. The second kappa shape index (κ2) is 9.24. The molecular weight excluding hydrogens is 390 g/mol. The lowest BCUT2D eigenvalue weighted by Gasteiger charge is -2.31. The molecule has 0 unspecified atom stereocenters. The second-order valence-electron chi connectivity index (χ2n) is 8.52. The Morgan fingerprint density at radius 3 is 2.55 bits per heavy atom. The molecule has 3 fully saturated rings. The van der Waals surface area contributed by atoms with E-state index in [1.165, 1.54) is 11.3 Å². The largest absolute Gasteiger partial charge is 0.378 e. The van der Waals surface area contributed by atoms with Gasteiger partial charge < -0.3 is 24.8 Å². The molecule has 1 aromatic heterocycles. The maximum Gasteiger partial charge on any atom is 0.230 e. The van der Waals surface area contributed by atoms with E-state index in [0.717, 1.165) is 83.4 Å². The third kappa shape index (κ3) is 4.38. The lowest BCUT2D eigenvalue weighted by atomic mass is 9.96. The Kier molecular flexibility index (Phi) is 6.04. The minimum atomic E-state index is 0.0305. The molecule has 0 spiro atoms. The van der Waals surface area contributed by atoms with Crippen molar-refractivity contribution in [1.29, 1.82) is 0 Å². The molecule has 2 aromatic rings. The number of carbonyl (C=O) groups is 1. The Balaban J connectivity index is 1.26. The lowest BCUT2D eigenvalue weighted by molar-refractivity contribution is -0.120. The average Bonchev–Trinajstić information content (AvgIpc) is 3.20. The third-order valence-corrected chi connectivity index (χ3v) is 6.61. The molecule has 4 heterocycles. The molecule has 164 valence electrons. The number of carbonyl (C=O) groups excluding carboxylic acids is 1. The number of morpholine rings is 1. The van der Waals surface area contributed by atoms with Crippen LogP contribution >= 0.6 is 0 Å². The summed E-state index contributed by atoms with van der Waals surface area (Å²) in [6.45, 7) is 8.03. The summed E-state index contributed by atoms with van der Waals surface area (Å²) >= 11 is 0. The summed E-state index contributed by atoms with van der Waals surface area (Å²) < 4.78 is 5.42. The average molecular weight is 422 g/mol. The zero-order valence-electron chi connectivity index (χ0n) is 18.0. The number of para-hydroxylation sites is 1. The van der Waals surface area contributed by atoms with Gasteiger partial charge in [0.15, 0.2) is 0 Å². The fourth-order valence-electron chi connectivity index (χ4n) is 4.87. The van der Waals surface area contributed by atoms with E-state index in [2.05, 4.69) is 44.4 Å². The Hall–Kier alpha value is -2.64. The smallest absolute Gasteiger partial charge is 0.230 e. The highest BCUT2D eigenvalue weighted by molar-refractivity contribution is 5.97. The number of hydrogen-bond donors (Lipinski definition) is 1. The number of amides is 1. The van der Waals surface area contributed by atoms with Crippen molar-refractivity contribution in [2.24, 2.45) is 5.92 Å². The Morgan fingerprint density at radius 1 is 0.968 bits per heavy atom. The maximum atomic E-state index is 13.2. The normalized spacial score (nSPS) is 22.3. The van der Waals surface area contributed by atoms with E-state index < -0.39 is 0 Å². The van der Waals surface area contributed by atoms with E-state index in [9.17, 15) is 4.79 Å². The van der Waals surface area contributed by atoms with Gasteiger partial charge in [-0.15, -0.1) is 0 Å². The van der Waals surface area contributed by atoms with E-state index in [-0.39, 0.29) is 11.8 Å². The van der Waals surface area contributed by atoms with Crippen molar-refractivity contribution in [3.05, 3.63) is 48.2 Å². The molecule has 1 atom stereocenters. The van der Waals surface area contributed by atoms with Crippen LogP contribution in [-0.2, 0) is 16.0 Å². The highest BCUT2D eigenvalue weighted by Crippen LogP contribution is 2.31. The van der Waals surface area contributed by atoms with Crippen LogP contribution in [0.25, 0.3) is 0 Å². The predicted molar refractivity (Wildman–Crippen MR) is 123 cm³/mol. The van der Waals surface area contributed by atoms with Gasteiger partial charge in [0.25, 0.3) is 0 Å². The molecule has 0 aliphatic carbocycles. The van der Waals surface area contributed by atoms with E-state index in [1.807, 2.05) is 23.2 Å². The minimum absolute atomic E-state index is 0.0305. The highest BCUT2D eigenvalue weighted by atomic mass is 16.5. The zero-order chi connectivity index (χ0) is 21.0. The molecule has 1 aromatic carbocycles. The first kappa shape index (κ1) is 20.3. The van der Waals surface area contributed by atoms with Gasteiger partial charge in [-0.25, -0.2) is 4.98 Å². The molecule has 3 aliphatic rings. The van der Waals surface area contributed by atoms with Gasteiger partial charge in [-0.2, -0.15) is 0 Å². The van der Waals surface area contributed by atoms with Gasteiger partial charge in [-0.05, 0) is 36.6 Å². The summed E-state index contributed by atoms with van der Waals surface area (Å²) in [5.41, 5.74) is 3.47. The van der Waals surface area contributed by atoms with Crippen molar-refractivity contribution >= 4 is 23.1 Å². The number of piperazine rings is 1. The first-order valence-corrected chi connectivity index (χ1v) is 11.4. The van der Waals surface area contributed by atoms with Gasteiger partial charge in [0, 0.05) is 57.4 Å². The maximum absolute atomic E-state index is 13.2. The summed E-state index contributed by atoms with van der Waals surface area (Å²) in [6, 6.07) is 12.6. The Bertz CT molecular complexity index is 891. The Morgan fingerprint density at radius 2 is 1.77 bits per heavy atom. The van der Waals surface area contributed by atoms with Gasteiger partial charge in [0.2, 0.25) is 5.91 Å². The molecule has 1 N–H and O–H groups in total. The number of ether oxygens (including phenoxy) is 1. The van der Waals surface area contributed by atoms with Crippen LogP contribution in [0.4, 0.5) is 17.2 Å². The van der Waals surface area contributed by atoms with Crippen LogP contribution < -0.4 is 20.0 Å². The number of benzene rings is 1. The molecule has 7 nitrogen and oxygen atoms in total. The van der Waals surface area contributed by atoms with Crippen LogP contribution in [-0.4, -0.2) is 69.9 Å². The van der Waals surface area contributed by atoms with Crippen LogP contribution in [0.5, 0.6) is 0 Å². The van der Waals surface area contributed by atoms with Gasteiger partial charge in [0.05, 0.1) is 25.1 Å². The van der Waals surface area contributed by atoms with E-state index in [4.69, 9.17) is 4.74 Å². The van der Waals surface area contributed by atoms with Gasteiger partial charge in [0.1, 0.15) is 5.82 Å². The van der Waals surface area contributed by atoms with Gasteiger partial charge >= 0.3 is 0 Å². The lowest BCUT2D eigenvalue weighted by Crippen LogP contribution is -2.44. The molecular formula is C24H31N5O2. The van der Waals surface area contributed by atoms with Crippen LogP contribution in [0.1, 0.15) is 12.0 Å². The van der Waals surface area contributed by atoms with Crippen LogP contribution in [0.2, 0.25) is 0 Å². The molecule has 7 heteroatoms.